The fourth-order valence-corrected chi connectivity index (χ4v) is 4.39. The maximum atomic E-state index is 12.4. The third kappa shape index (κ3) is 3.23. The Labute approximate surface area is 152 Å². The van der Waals surface area contributed by atoms with Gasteiger partial charge in [0.15, 0.2) is 0 Å². The van der Waals surface area contributed by atoms with E-state index in [-0.39, 0.29) is 17.9 Å². The normalized spacial score (nSPS) is 12.9. The van der Waals surface area contributed by atoms with Gasteiger partial charge in [-0.3, -0.25) is 24.3 Å². The monoisotopic (exact) mass is 372 g/mol. The zero-order valence-corrected chi connectivity index (χ0v) is 14.9. The van der Waals surface area contributed by atoms with Crippen molar-refractivity contribution >= 4 is 27.9 Å². The molecule has 2 heterocycles. The first-order valence-corrected chi connectivity index (χ1v) is 8.93. The molecule has 2 aromatic heterocycles. The molecule has 0 saturated heterocycles. The number of pyridine rings is 1. The smallest absolute Gasteiger partial charge is 0.288 e. The molecule has 0 spiro atoms. The van der Waals surface area contributed by atoms with Gasteiger partial charge in [-0.1, -0.05) is 0 Å². The zero-order chi connectivity index (χ0) is 18.8. The average molecular weight is 372 g/mol. The minimum Gasteiger partial charge on any atom is -0.315 e. The van der Waals surface area contributed by atoms with E-state index in [0.29, 0.717) is 10.6 Å². The number of hydrogen-bond acceptors (Lipinski definition) is 6. The van der Waals surface area contributed by atoms with Crippen LogP contribution in [0.5, 0.6) is 0 Å². The number of anilines is 1. The number of hydrogen-bond donors (Lipinski definition) is 1. The number of nitrogens with one attached hydrogen (secondary N) is 1. The summed E-state index contributed by atoms with van der Waals surface area (Å²) >= 11 is 1.39. The molecule has 2 aromatic rings. The highest BCUT2D eigenvalue weighted by Gasteiger charge is 2.22. The molecule has 9 heteroatoms. The summed E-state index contributed by atoms with van der Waals surface area (Å²) in [6.45, 7) is 1.08. The molecule has 0 saturated carbocycles. The van der Waals surface area contributed by atoms with Crippen molar-refractivity contribution in [1.29, 1.82) is 5.26 Å². The number of fused-ring (bicyclic) bond motifs is 1. The molecule has 0 bridgehead atoms. The van der Waals surface area contributed by atoms with E-state index in [1.54, 1.807) is 0 Å². The maximum absolute atomic E-state index is 12.4. The van der Waals surface area contributed by atoms with Gasteiger partial charge in [0, 0.05) is 17.0 Å². The van der Waals surface area contributed by atoms with E-state index in [1.165, 1.54) is 18.3 Å². The zero-order valence-electron chi connectivity index (χ0n) is 14.1. The second kappa shape index (κ2) is 7.09. The summed E-state index contributed by atoms with van der Waals surface area (Å²) in [5.74, 6) is -0.495. The first kappa shape index (κ1) is 17.8. The van der Waals surface area contributed by atoms with E-state index in [9.17, 15) is 25.0 Å². The van der Waals surface area contributed by atoms with Crippen molar-refractivity contribution in [2.75, 3.05) is 5.32 Å². The quantitative estimate of drug-likeness (QED) is 0.653. The summed E-state index contributed by atoms with van der Waals surface area (Å²) < 4.78 is 1.06. The predicted octanol–water partition coefficient (Wildman–Crippen LogP) is 2.52. The van der Waals surface area contributed by atoms with Gasteiger partial charge in [0.25, 0.3) is 11.2 Å². The summed E-state index contributed by atoms with van der Waals surface area (Å²) in [4.78, 5) is 35.9. The van der Waals surface area contributed by atoms with E-state index < -0.39 is 16.4 Å². The van der Waals surface area contributed by atoms with Gasteiger partial charge in [-0.15, -0.1) is 11.3 Å². The Bertz CT molecular complexity index is 999. The van der Waals surface area contributed by atoms with Crippen molar-refractivity contribution in [3.63, 3.8) is 0 Å². The minimum absolute atomic E-state index is 0.114. The van der Waals surface area contributed by atoms with Crippen LogP contribution in [0.1, 0.15) is 34.5 Å². The molecule has 0 aromatic carbocycles. The summed E-state index contributed by atoms with van der Waals surface area (Å²) in [7, 11) is 0. The Morgan fingerprint density at radius 3 is 2.85 bits per heavy atom. The van der Waals surface area contributed by atoms with Gasteiger partial charge in [0.05, 0.1) is 16.2 Å². The molecule has 0 aliphatic heterocycles. The highest BCUT2D eigenvalue weighted by atomic mass is 32.1. The number of rotatable bonds is 4. The number of aryl methyl sites for hydroxylation is 1. The maximum Gasteiger partial charge on any atom is 0.288 e. The van der Waals surface area contributed by atoms with Gasteiger partial charge in [-0.2, -0.15) is 5.26 Å². The third-order valence-electron chi connectivity index (χ3n) is 4.46. The molecule has 3 rings (SSSR count). The minimum atomic E-state index is -0.593. The molecular formula is C17H16N4O4S. The van der Waals surface area contributed by atoms with Crippen LogP contribution in [0.15, 0.2) is 16.9 Å². The number of nitrogens with zero attached hydrogens (tertiary/aromatic N) is 3. The number of nitriles is 1. The summed E-state index contributed by atoms with van der Waals surface area (Å²) in [5, 5.41) is 23.6. The van der Waals surface area contributed by atoms with Gasteiger partial charge in [-0.25, -0.2) is 0 Å². The summed E-state index contributed by atoms with van der Waals surface area (Å²) in [5.41, 5.74) is 0.892. The number of amides is 1. The van der Waals surface area contributed by atoms with Crippen LogP contribution in [0.25, 0.3) is 0 Å². The molecule has 1 aliphatic rings. The summed E-state index contributed by atoms with van der Waals surface area (Å²) in [6, 6.07) is 4.36. The lowest BCUT2D eigenvalue weighted by Crippen LogP contribution is -2.29. The molecule has 1 aliphatic carbocycles. The second-order valence-corrected chi connectivity index (χ2v) is 7.17. The Morgan fingerprint density at radius 1 is 1.42 bits per heavy atom. The fraction of sp³-hybridized carbons (Fsp3) is 0.353. The number of carbonyl (C=O) groups is 1. The van der Waals surface area contributed by atoms with Crippen LogP contribution in [-0.4, -0.2) is 15.4 Å². The van der Waals surface area contributed by atoms with Gasteiger partial charge in [0.1, 0.15) is 17.6 Å². The van der Waals surface area contributed by atoms with Crippen LogP contribution in [0, 0.1) is 28.4 Å². The lowest BCUT2D eigenvalue weighted by molar-refractivity contribution is -0.386. The van der Waals surface area contributed by atoms with Crippen LogP contribution in [0.3, 0.4) is 0 Å². The van der Waals surface area contributed by atoms with E-state index in [2.05, 4.69) is 11.4 Å². The van der Waals surface area contributed by atoms with Gasteiger partial charge >= 0.3 is 0 Å². The molecule has 134 valence electrons. The van der Waals surface area contributed by atoms with Crippen molar-refractivity contribution in [3.05, 3.63) is 54.3 Å². The Morgan fingerprint density at radius 2 is 2.15 bits per heavy atom. The molecule has 1 N–H and O–H groups in total. The molecule has 8 nitrogen and oxygen atoms in total. The van der Waals surface area contributed by atoms with Gasteiger partial charge < -0.3 is 5.32 Å². The van der Waals surface area contributed by atoms with Crippen LogP contribution in [0.4, 0.5) is 10.7 Å². The van der Waals surface area contributed by atoms with Crippen molar-refractivity contribution in [2.45, 2.75) is 39.2 Å². The number of carbonyl (C=O) groups excluding carboxylic acids is 1. The summed E-state index contributed by atoms with van der Waals surface area (Å²) in [6.07, 6.45) is 3.81. The average Bonchev–Trinajstić information content (AvgIpc) is 2.95. The van der Waals surface area contributed by atoms with Crippen LogP contribution in [0.2, 0.25) is 0 Å². The Balaban J connectivity index is 1.86. The SMILES string of the molecule is Cc1c([N+](=O)[O-])ccc(=O)n1CC(=O)Nc1sc2c(c1C#N)CCCC2. The van der Waals surface area contributed by atoms with Gasteiger partial charge in [-0.05, 0) is 38.2 Å². The highest BCUT2D eigenvalue weighted by Crippen LogP contribution is 2.37. The van der Waals surface area contributed by atoms with Crippen LogP contribution < -0.4 is 10.9 Å². The molecule has 0 radical (unpaired) electrons. The van der Waals surface area contributed by atoms with Crippen molar-refractivity contribution in [3.8, 4) is 6.07 Å². The Kier molecular flexibility index (Phi) is 4.86. The molecule has 0 atom stereocenters. The van der Waals surface area contributed by atoms with Crippen LogP contribution >= 0.6 is 11.3 Å². The number of thiophene rings is 1. The van der Waals surface area contributed by atoms with Gasteiger partial charge in [0.2, 0.25) is 5.91 Å². The molecule has 0 fully saturated rings. The molecule has 1 amide bonds. The largest absolute Gasteiger partial charge is 0.315 e. The number of nitro groups is 1. The van der Waals surface area contributed by atoms with Crippen LogP contribution in [-0.2, 0) is 24.2 Å². The topological polar surface area (TPSA) is 118 Å². The molecule has 0 unspecified atom stereocenters. The predicted molar refractivity (Wildman–Crippen MR) is 96.4 cm³/mol. The number of aromatic nitrogens is 1. The fourth-order valence-electron chi connectivity index (χ4n) is 3.14. The van der Waals surface area contributed by atoms with E-state index in [1.807, 2.05) is 0 Å². The second-order valence-electron chi connectivity index (χ2n) is 6.06. The van der Waals surface area contributed by atoms with E-state index >= 15 is 0 Å². The lowest BCUT2D eigenvalue weighted by Gasteiger charge is -2.10. The third-order valence-corrected chi connectivity index (χ3v) is 5.67. The standard InChI is InChI=1S/C17H16N4O4S/c1-10-13(21(24)25)6-7-16(23)20(10)9-15(22)19-17-12(8-18)11-4-2-3-5-14(11)26-17/h6-7H,2-5,9H2,1H3,(H,19,22). The van der Waals surface area contributed by atoms with E-state index in [4.69, 9.17) is 0 Å². The first-order chi connectivity index (χ1) is 12.4. The Hall–Kier alpha value is -2.99. The first-order valence-electron chi connectivity index (χ1n) is 8.11. The lowest BCUT2D eigenvalue weighted by atomic mass is 9.96. The van der Waals surface area contributed by atoms with Crippen molar-refractivity contribution in [1.82, 2.24) is 4.57 Å². The highest BCUT2D eigenvalue weighted by molar-refractivity contribution is 7.16. The molecule has 26 heavy (non-hydrogen) atoms. The van der Waals surface area contributed by atoms with Crippen molar-refractivity contribution < 1.29 is 9.72 Å². The van der Waals surface area contributed by atoms with Crippen molar-refractivity contribution in [2.24, 2.45) is 0 Å². The molecular weight excluding hydrogens is 356 g/mol. The van der Waals surface area contributed by atoms with E-state index in [0.717, 1.165) is 52.8 Å².